The molecule has 7 heteroatoms. The summed E-state index contributed by atoms with van der Waals surface area (Å²) >= 11 is 0. The van der Waals surface area contributed by atoms with Crippen LogP contribution < -0.4 is 5.32 Å². The van der Waals surface area contributed by atoms with Crippen LogP contribution in [0.15, 0.2) is 36.8 Å². The molecule has 1 aliphatic rings. The summed E-state index contributed by atoms with van der Waals surface area (Å²) in [5.74, 6) is 1.000. The van der Waals surface area contributed by atoms with E-state index < -0.39 is 0 Å². The van der Waals surface area contributed by atoms with Crippen molar-refractivity contribution in [2.45, 2.75) is 19.9 Å². The molecule has 0 spiro atoms. The average molecular weight is 352 g/mol. The second kappa shape index (κ2) is 7.39. The number of anilines is 1. The SMILES string of the molecule is Cc1nc2ccnn2c(NCC(c2cccnc2)N2CCOCC2)c1C. The second-order valence-corrected chi connectivity index (χ2v) is 6.60. The van der Waals surface area contributed by atoms with Crippen molar-refractivity contribution < 1.29 is 4.74 Å². The molecule has 1 saturated heterocycles. The molecule has 4 rings (SSSR count). The summed E-state index contributed by atoms with van der Waals surface area (Å²) < 4.78 is 7.41. The van der Waals surface area contributed by atoms with Gasteiger partial charge in [-0.25, -0.2) is 4.98 Å². The van der Waals surface area contributed by atoms with Crippen molar-refractivity contribution in [3.8, 4) is 0 Å². The van der Waals surface area contributed by atoms with Crippen LogP contribution in [0.25, 0.3) is 5.65 Å². The Morgan fingerprint density at radius 2 is 2.04 bits per heavy atom. The molecule has 1 fully saturated rings. The van der Waals surface area contributed by atoms with Crippen molar-refractivity contribution in [1.82, 2.24) is 24.5 Å². The smallest absolute Gasteiger partial charge is 0.157 e. The first kappa shape index (κ1) is 16.9. The largest absolute Gasteiger partial charge is 0.379 e. The van der Waals surface area contributed by atoms with Gasteiger partial charge in [-0.05, 0) is 25.5 Å². The van der Waals surface area contributed by atoms with E-state index in [9.17, 15) is 0 Å². The van der Waals surface area contributed by atoms with E-state index in [0.717, 1.165) is 55.6 Å². The fourth-order valence-corrected chi connectivity index (χ4v) is 3.46. The molecule has 0 bridgehead atoms. The number of aryl methyl sites for hydroxylation is 1. The number of hydrogen-bond donors (Lipinski definition) is 1. The van der Waals surface area contributed by atoms with Gasteiger partial charge in [0, 0.05) is 49.4 Å². The molecular formula is C19H24N6O. The van der Waals surface area contributed by atoms with Crippen LogP contribution >= 0.6 is 0 Å². The molecule has 136 valence electrons. The van der Waals surface area contributed by atoms with E-state index >= 15 is 0 Å². The van der Waals surface area contributed by atoms with E-state index in [1.807, 2.05) is 36.0 Å². The lowest BCUT2D eigenvalue weighted by atomic mass is 10.1. The zero-order chi connectivity index (χ0) is 17.9. The van der Waals surface area contributed by atoms with Gasteiger partial charge in [-0.15, -0.1) is 0 Å². The lowest BCUT2D eigenvalue weighted by molar-refractivity contribution is 0.0186. The molecule has 1 atom stereocenters. The van der Waals surface area contributed by atoms with Gasteiger partial charge in [-0.3, -0.25) is 9.88 Å². The lowest BCUT2D eigenvalue weighted by Gasteiger charge is -2.35. The minimum atomic E-state index is 0.228. The topological polar surface area (TPSA) is 67.6 Å². The van der Waals surface area contributed by atoms with Crippen molar-refractivity contribution in [2.24, 2.45) is 0 Å². The third-order valence-electron chi connectivity index (χ3n) is 5.03. The molecular weight excluding hydrogens is 328 g/mol. The number of aromatic nitrogens is 4. The van der Waals surface area contributed by atoms with E-state index in [-0.39, 0.29) is 6.04 Å². The van der Waals surface area contributed by atoms with Crippen LogP contribution in [0.2, 0.25) is 0 Å². The molecule has 0 aliphatic carbocycles. The number of hydrogen-bond acceptors (Lipinski definition) is 6. The van der Waals surface area contributed by atoms with Gasteiger partial charge >= 0.3 is 0 Å². The van der Waals surface area contributed by atoms with Crippen LogP contribution in [-0.2, 0) is 4.74 Å². The highest BCUT2D eigenvalue weighted by molar-refractivity contribution is 5.54. The van der Waals surface area contributed by atoms with Crippen molar-refractivity contribution in [3.05, 3.63) is 53.6 Å². The Labute approximate surface area is 153 Å². The van der Waals surface area contributed by atoms with Gasteiger partial charge in [0.1, 0.15) is 5.82 Å². The summed E-state index contributed by atoms with van der Waals surface area (Å²) in [7, 11) is 0. The first-order valence-electron chi connectivity index (χ1n) is 9.00. The number of fused-ring (bicyclic) bond motifs is 1. The predicted molar refractivity (Wildman–Crippen MR) is 100 cm³/mol. The van der Waals surface area contributed by atoms with Crippen LogP contribution in [0.1, 0.15) is 22.9 Å². The maximum Gasteiger partial charge on any atom is 0.157 e. The second-order valence-electron chi connectivity index (χ2n) is 6.60. The molecule has 1 N–H and O–H groups in total. The predicted octanol–water partition coefficient (Wildman–Crippen LogP) is 2.23. The van der Waals surface area contributed by atoms with Gasteiger partial charge in [0.15, 0.2) is 5.65 Å². The van der Waals surface area contributed by atoms with Gasteiger partial charge in [-0.1, -0.05) is 6.07 Å². The van der Waals surface area contributed by atoms with E-state index in [2.05, 4.69) is 38.3 Å². The molecule has 0 amide bonds. The number of ether oxygens (including phenoxy) is 1. The standard InChI is InChI=1S/C19H24N6O/c1-14-15(2)23-18-5-7-22-25(18)19(14)21-13-17(16-4-3-6-20-12-16)24-8-10-26-11-9-24/h3-7,12,17,21H,8-11,13H2,1-2H3. The van der Waals surface area contributed by atoms with E-state index in [0.29, 0.717) is 0 Å². The monoisotopic (exact) mass is 352 g/mol. The number of rotatable bonds is 5. The molecule has 0 radical (unpaired) electrons. The van der Waals surface area contributed by atoms with Crippen LogP contribution in [0, 0.1) is 13.8 Å². The van der Waals surface area contributed by atoms with Gasteiger partial charge in [-0.2, -0.15) is 9.61 Å². The summed E-state index contributed by atoms with van der Waals surface area (Å²) in [6.07, 6.45) is 5.56. The molecule has 7 nitrogen and oxygen atoms in total. The minimum Gasteiger partial charge on any atom is -0.379 e. The highest BCUT2D eigenvalue weighted by Crippen LogP contribution is 2.24. The Morgan fingerprint density at radius 1 is 1.19 bits per heavy atom. The molecule has 26 heavy (non-hydrogen) atoms. The fourth-order valence-electron chi connectivity index (χ4n) is 3.46. The number of nitrogens with one attached hydrogen (secondary N) is 1. The maximum absolute atomic E-state index is 5.53. The molecule has 1 unspecified atom stereocenters. The molecule has 0 saturated carbocycles. The normalized spacial score (nSPS) is 16.7. The molecule has 3 aromatic heterocycles. The van der Waals surface area contributed by atoms with E-state index in [4.69, 9.17) is 4.74 Å². The van der Waals surface area contributed by atoms with Gasteiger partial charge in [0.25, 0.3) is 0 Å². The Kier molecular flexibility index (Phi) is 4.81. The summed E-state index contributed by atoms with van der Waals surface area (Å²) in [5, 5.41) is 8.06. The number of pyridine rings is 1. The Bertz CT molecular complexity index is 872. The highest BCUT2D eigenvalue weighted by atomic mass is 16.5. The van der Waals surface area contributed by atoms with Crippen LogP contribution in [0.3, 0.4) is 0 Å². The maximum atomic E-state index is 5.53. The summed E-state index contributed by atoms with van der Waals surface area (Å²) in [5.41, 5.74) is 4.21. The third-order valence-corrected chi connectivity index (χ3v) is 5.03. The van der Waals surface area contributed by atoms with Crippen molar-refractivity contribution in [1.29, 1.82) is 0 Å². The molecule has 3 aromatic rings. The Hall–Kier alpha value is -2.51. The van der Waals surface area contributed by atoms with Crippen LogP contribution in [-0.4, -0.2) is 57.3 Å². The third kappa shape index (κ3) is 3.27. The summed E-state index contributed by atoms with van der Waals surface area (Å²) in [6.45, 7) is 8.28. The van der Waals surface area contributed by atoms with Crippen molar-refractivity contribution in [3.63, 3.8) is 0 Å². The van der Waals surface area contributed by atoms with Gasteiger partial charge in [0.2, 0.25) is 0 Å². The first-order valence-corrected chi connectivity index (χ1v) is 9.00. The van der Waals surface area contributed by atoms with Crippen LogP contribution in [0.5, 0.6) is 0 Å². The minimum absolute atomic E-state index is 0.228. The number of morpholine rings is 1. The van der Waals surface area contributed by atoms with Gasteiger partial charge < -0.3 is 10.1 Å². The van der Waals surface area contributed by atoms with Gasteiger partial charge in [0.05, 0.1) is 25.5 Å². The number of nitrogens with zero attached hydrogens (tertiary/aromatic N) is 5. The zero-order valence-corrected chi connectivity index (χ0v) is 15.2. The lowest BCUT2D eigenvalue weighted by Crippen LogP contribution is -2.41. The van der Waals surface area contributed by atoms with Crippen LogP contribution in [0.4, 0.5) is 5.82 Å². The first-order chi connectivity index (χ1) is 12.7. The average Bonchev–Trinajstić information content (AvgIpc) is 3.14. The highest BCUT2D eigenvalue weighted by Gasteiger charge is 2.23. The molecule has 4 heterocycles. The van der Waals surface area contributed by atoms with E-state index in [1.54, 1.807) is 6.20 Å². The molecule has 1 aliphatic heterocycles. The molecule has 0 aromatic carbocycles. The summed E-state index contributed by atoms with van der Waals surface area (Å²) in [6, 6.07) is 6.29. The fraction of sp³-hybridized carbons (Fsp3) is 0.421. The quantitative estimate of drug-likeness (QED) is 0.759. The van der Waals surface area contributed by atoms with Crippen molar-refractivity contribution >= 4 is 11.5 Å². The van der Waals surface area contributed by atoms with Crippen molar-refractivity contribution in [2.75, 3.05) is 38.2 Å². The Morgan fingerprint density at radius 3 is 2.81 bits per heavy atom. The zero-order valence-electron chi connectivity index (χ0n) is 15.2. The summed E-state index contributed by atoms with van der Waals surface area (Å²) in [4.78, 5) is 11.4. The van der Waals surface area contributed by atoms with E-state index in [1.165, 1.54) is 5.56 Å². The Balaban J connectivity index is 1.63.